The number of nitrogens with one attached hydrogen (secondary N) is 2. The lowest BCUT2D eigenvalue weighted by molar-refractivity contribution is -0.122. The Morgan fingerprint density at radius 2 is 1.54 bits per heavy atom. The van der Waals surface area contributed by atoms with E-state index in [0.717, 1.165) is 37.1 Å². The van der Waals surface area contributed by atoms with E-state index in [0.29, 0.717) is 25.6 Å². The molecule has 6 nitrogen and oxygen atoms in total. The van der Waals surface area contributed by atoms with Gasteiger partial charge >= 0.3 is 0 Å². The number of piperidine rings is 1. The molecule has 0 unspecified atom stereocenters. The highest BCUT2D eigenvalue weighted by molar-refractivity contribution is 5.81. The molecule has 0 aromatic heterocycles. The van der Waals surface area contributed by atoms with Gasteiger partial charge in [0.15, 0.2) is 0 Å². The molecular formula is C31H36N4O2. The highest BCUT2D eigenvalue weighted by Crippen LogP contribution is 2.38. The van der Waals surface area contributed by atoms with E-state index < -0.39 is 0 Å². The summed E-state index contributed by atoms with van der Waals surface area (Å²) in [4.78, 5) is 15.6. The van der Waals surface area contributed by atoms with Gasteiger partial charge < -0.3 is 15.5 Å². The van der Waals surface area contributed by atoms with Crippen LogP contribution in [0.2, 0.25) is 0 Å². The van der Waals surface area contributed by atoms with Crippen LogP contribution in [0.25, 0.3) is 5.57 Å². The molecular weight excluding hydrogens is 460 g/mol. The van der Waals surface area contributed by atoms with Gasteiger partial charge in [0, 0.05) is 24.9 Å². The predicted molar refractivity (Wildman–Crippen MR) is 149 cm³/mol. The summed E-state index contributed by atoms with van der Waals surface area (Å²) >= 11 is 0. The summed E-state index contributed by atoms with van der Waals surface area (Å²) in [5, 5.41) is 2.96. The van der Waals surface area contributed by atoms with Crippen LogP contribution in [-0.2, 0) is 21.6 Å². The van der Waals surface area contributed by atoms with Gasteiger partial charge in [-0.2, -0.15) is 0 Å². The van der Waals surface area contributed by atoms with Crippen molar-refractivity contribution < 1.29 is 9.53 Å². The molecule has 192 valence electrons. The molecule has 1 amide bonds. The minimum absolute atomic E-state index is 0.0808. The van der Waals surface area contributed by atoms with Crippen molar-refractivity contribution in [3.63, 3.8) is 0 Å². The van der Waals surface area contributed by atoms with E-state index in [1.54, 1.807) is 6.08 Å². The predicted octanol–water partition coefficient (Wildman–Crippen LogP) is 4.72. The molecule has 3 aromatic rings. The van der Waals surface area contributed by atoms with Crippen molar-refractivity contribution in [1.29, 1.82) is 0 Å². The van der Waals surface area contributed by atoms with Crippen LogP contribution >= 0.6 is 0 Å². The molecule has 1 fully saturated rings. The van der Waals surface area contributed by atoms with Crippen LogP contribution in [0.3, 0.4) is 0 Å². The molecule has 4 N–H and O–H groups in total. The number of carbonyl (C=O) groups is 1. The van der Waals surface area contributed by atoms with Crippen molar-refractivity contribution in [2.75, 3.05) is 19.8 Å². The Labute approximate surface area is 219 Å². The molecule has 1 aliphatic rings. The fraction of sp³-hybridized carbons (Fsp3) is 0.258. The zero-order valence-corrected chi connectivity index (χ0v) is 21.2. The number of hydrogen-bond acceptors (Lipinski definition) is 5. The Kier molecular flexibility index (Phi) is 9.27. The van der Waals surface area contributed by atoms with Crippen LogP contribution in [0.1, 0.15) is 36.0 Å². The number of ether oxygens (including phenoxy) is 1. The molecule has 0 saturated carbocycles. The Morgan fingerprint density at radius 3 is 2.16 bits per heavy atom. The Balaban J connectivity index is 1.38. The maximum atomic E-state index is 13.3. The van der Waals surface area contributed by atoms with Gasteiger partial charge in [0.2, 0.25) is 5.91 Å². The maximum absolute atomic E-state index is 13.3. The average Bonchev–Trinajstić information content (AvgIpc) is 2.95. The molecule has 1 aliphatic heterocycles. The second-order valence-electron chi connectivity index (χ2n) is 9.55. The fourth-order valence-electron chi connectivity index (χ4n) is 4.86. The minimum atomic E-state index is -0.253. The van der Waals surface area contributed by atoms with Crippen LogP contribution in [0.4, 0.5) is 0 Å². The maximum Gasteiger partial charge on any atom is 0.226 e. The average molecular weight is 497 g/mol. The summed E-state index contributed by atoms with van der Waals surface area (Å²) in [5.41, 5.74) is 6.44. The van der Waals surface area contributed by atoms with Crippen molar-refractivity contribution in [2.45, 2.75) is 31.3 Å². The van der Waals surface area contributed by atoms with Gasteiger partial charge in [0.1, 0.15) is 5.82 Å². The van der Waals surface area contributed by atoms with Crippen molar-refractivity contribution in [3.05, 3.63) is 126 Å². The Morgan fingerprint density at radius 1 is 0.946 bits per heavy atom. The Bertz CT molecular complexity index is 1170. The van der Waals surface area contributed by atoms with Gasteiger partial charge in [-0.15, -0.1) is 0 Å². The molecule has 1 heterocycles. The van der Waals surface area contributed by atoms with E-state index in [-0.39, 0.29) is 11.3 Å². The molecule has 0 bridgehead atoms. The topological polar surface area (TPSA) is 79.6 Å². The monoisotopic (exact) mass is 496 g/mol. The van der Waals surface area contributed by atoms with E-state index in [2.05, 4.69) is 46.5 Å². The standard InChI is InChI=1S/C31H36N4O2/c1-25(27-13-7-3-8-14-27)21-29(34-32)33-30(36)22-31(28-15-9-4-10-16-28)17-19-35(20-18-31)24-37-23-26-11-5-2-6-12-26/h2-16,21,34H,1,17-20,22-24,32H2,(H,33,36)/b29-21-. The molecule has 0 radical (unpaired) electrons. The van der Waals surface area contributed by atoms with Gasteiger partial charge in [-0.25, -0.2) is 5.84 Å². The summed E-state index contributed by atoms with van der Waals surface area (Å²) in [6, 6.07) is 30.3. The smallest absolute Gasteiger partial charge is 0.226 e. The normalized spacial score (nSPS) is 15.6. The fourth-order valence-corrected chi connectivity index (χ4v) is 4.86. The number of hydrogen-bond donors (Lipinski definition) is 3. The number of amides is 1. The van der Waals surface area contributed by atoms with Crippen LogP contribution in [-0.4, -0.2) is 30.6 Å². The van der Waals surface area contributed by atoms with Crippen molar-refractivity contribution in [2.24, 2.45) is 5.84 Å². The van der Waals surface area contributed by atoms with Crippen LogP contribution in [0.5, 0.6) is 0 Å². The number of nitrogens with two attached hydrogens (primary N) is 1. The summed E-state index contributed by atoms with van der Waals surface area (Å²) in [6.07, 6.45) is 3.86. The molecule has 0 spiro atoms. The quantitative estimate of drug-likeness (QED) is 0.203. The number of hydrazine groups is 1. The second-order valence-corrected chi connectivity index (χ2v) is 9.55. The molecule has 1 saturated heterocycles. The third-order valence-corrected chi connectivity index (χ3v) is 6.98. The van der Waals surface area contributed by atoms with Gasteiger partial charge in [-0.1, -0.05) is 97.6 Å². The van der Waals surface area contributed by atoms with Crippen LogP contribution in [0, 0.1) is 0 Å². The van der Waals surface area contributed by atoms with Gasteiger partial charge in [0.25, 0.3) is 0 Å². The summed E-state index contributed by atoms with van der Waals surface area (Å²) in [5.74, 6) is 6.08. The molecule has 4 rings (SSSR count). The number of rotatable bonds is 11. The van der Waals surface area contributed by atoms with Crippen molar-refractivity contribution >= 4 is 11.5 Å². The first-order valence-electron chi connectivity index (χ1n) is 12.7. The molecule has 0 aliphatic carbocycles. The van der Waals surface area contributed by atoms with Gasteiger partial charge in [-0.05, 0) is 41.2 Å². The first kappa shape index (κ1) is 26.4. The van der Waals surface area contributed by atoms with Crippen molar-refractivity contribution in [3.8, 4) is 0 Å². The molecule has 3 aromatic carbocycles. The lowest BCUT2D eigenvalue weighted by Crippen LogP contribution is -2.46. The zero-order valence-electron chi connectivity index (χ0n) is 21.2. The third-order valence-electron chi connectivity index (χ3n) is 6.98. The SMILES string of the molecule is C=C(/C=C(\NN)NC(=O)CC1(c2ccccc2)CCN(COCc2ccccc2)CC1)c1ccccc1. The largest absolute Gasteiger partial charge is 0.361 e. The van der Waals surface area contributed by atoms with Crippen LogP contribution in [0.15, 0.2) is 109 Å². The summed E-state index contributed by atoms with van der Waals surface area (Å²) in [6.45, 7) is 7.01. The molecule has 0 atom stereocenters. The van der Waals surface area contributed by atoms with E-state index in [1.807, 2.05) is 66.7 Å². The van der Waals surface area contributed by atoms with E-state index >= 15 is 0 Å². The number of nitrogens with zero attached hydrogens (tertiary/aromatic N) is 1. The highest BCUT2D eigenvalue weighted by atomic mass is 16.5. The number of allylic oxidation sites excluding steroid dienone is 2. The summed E-state index contributed by atoms with van der Waals surface area (Å²) < 4.78 is 5.96. The van der Waals surface area contributed by atoms with E-state index in [9.17, 15) is 4.79 Å². The highest BCUT2D eigenvalue weighted by Gasteiger charge is 2.38. The first-order valence-corrected chi connectivity index (χ1v) is 12.7. The number of benzene rings is 3. The Hall–Kier alpha value is -3.71. The lowest BCUT2D eigenvalue weighted by Gasteiger charge is -2.42. The third kappa shape index (κ3) is 7.40. The molecule has 37 heavy (non-hydrogen) atoms. The van der Waals surface area contributed by atoms with E-state index in [4.69, 9.17) is 10.6 Å². The summed E-state index contributed by atoms with van der Waals surface area (Å²) in [7, 11) is 0. The van der Waals surface area contributed by atoms with E-state index in [1.165, 1.54) is 11.1 Å². The first-order chi connectivity index (χ1) is 18.1. The van der Waals surface area contributed by atoms with Gasteiger partial charge in [-0.3, -0.25) is 9.69 Å². The lowest BCUT2D eigenvalue weighted by atomic mass is 9.70. The van der Waals surface area contributed by atoms with Crippen molar-refractivity contribution in [1.82, 2.24) is 15.6 Å². The zero-order chi connectivity index (χ0) is 25.9. The van der Waals surface area contributed by atoms with Crippen LogP contribution < -0.4 is 16.6 Å². The molecule has 6 heteroatoms. The second kappa shape index (κ2) is 13.0. The van der Waals surface area contributed by atoms with Gasteiger partial charge in [0.05, 0.1) is 13.3 Å². The number of likely N-dealkylation sites (tertiary alicyclic amines) is 1. The minimum Gasteiger partial charge on any atom is -0.361 e. The number of carbonyl (C=O) groups excluding carboxylic acids is 1.